The number of halogens is 2. The van der Waals surface area contributed by atoms with Crippen LogP contribution < -0.4 is 5.32 Å². The maximum absolute atomic E-state index is 12.9. The molecule has 0 unspecified atom stereocenters. The Hall–Kier alpha value is -2.16. The van der Waals surface area contributed by atoms with Crippen LogP contribution in [0.5, 0.6) is 0 Å². The Labute approximate surface area is 189 Å². The summed E-state index contributed by atoms with van der Waals surface area (Å²) in [6.07, 6.45) is 0. The van der Waals surface area contributed by atoms with Gasteiger partial charge >= 0.3 is 0 Å². The van der Waals surface area contributed by atoms with Gasteiger partial charge in [-0.3, -0.25) is 4.79 Å². The first-order valence-corrected chi connectivity index (χ1v) is 10.9. The highest BCUT2D eigenvalue weighted by Crippen LogP contribution is 2.27. The van der Waals surface area contributed by atoms with E-state index in [0.717, 1.165) is 11.4 Å². The lowest BCUT2D eigenvalue weighted by molar-refractivity contribution is 0.0913. The van der Waals surface area contributed by atoms with Gasteiger partial charge in [-0.2, -0.15) is 0 Å². The number of aromatic nitrogens is 5. The summed E-state index contributed by atoms with van der Waals surface area (Å²) < 4.78 is 1.57. The monoisotopic (exact) mass is 464 g/mol. The summed E-state index contributed by atoms with van der Waals surface area (Å²) in [7, 11) is 0. The number of rotatable bonds is 5. The first-order valence-electron chi connectivity index (χ1n) is 9.20. The first-order chi connectivity index (χ1) is 14.0. The molecule has 0 aliphatic carbocycles. The predicted octanol–water partition coefficient (Wildman–Crippen LogP) is 4.80. The average Bonchev–Trinajstić information content (AvgIpc) is 3.01. The molecule has 10 heteroatoms. The number of amides is 1. The van der Waals surface area contributed by atoms with Crippen LogP contribution in [-0.4, -0.2) is 36.4 Å². The van der Waals surface area contributed by atoms with Crippen molar-refractivity contribution in [3.05, 3.63) is 57.1 Å². The Morgan fingerprint density at radius 3 is 2.23 bits per heavy atom. The second-order valence-corrected chi connectivity index (χ2v) is 9.67. The molecule has 30 heavy (non-hydrogen) atoms. The molecule has 0 spiro atoms. The zero-order valence-electron chi connectivity index (χ0n) is 17.3. The van der Waals surface area contributed by atoms with Crippen LogP contribution >= 0.6 is 35.0 Å². The summed E-state index contributed by atoms with van der Waals surface area (Å²) in [4.78, 5) is 21.8. The van der Waals surface area contributed by atoms with Gasteiger partial charge in [0.05, 0.1) is 11.4 Å². The molecule has 0 atom stereocenters. The van der Waals surface area contributed by atoms with Crippen molar-refractivity contribution in [3.63, 3.8) is 0 Å². The number of carbonyl (C=O) groups excluding carboxylic acids is 1. The molecule has 0 aliphatic heterocycles. The third-order valence-corrected chi connectivity index (χ3v) is 5.15. The van der Waals surface area contributed by atoms with Gasteiger partial charge < -0.3 is 5.32 Å². The van der Waals surface area contributed by atoms with E-state index in [4.69, 9.17) is 23.2 Å². The number of carbonyl (C=O) groups is 1. The van der Waals surface area contributed by atoms with Gasteiger partial charge in [-0.1, -0.05) is 40.2 Å². The fraction of sp³-hybridized carbons (Fsp3) is 0.350. The Balaban J connectivity index is 2.01. The van der Waals surface area contributed by atoms with Crippen LogP contribution in [0.4, 0.5) is 0 Å². The minimum atomic E-state index is -0.415. The Kier molecular flexibility index (Phi) is 6.69. The van der Waals surface area contributed by atoms with Gasteiger partial charge in [0.2, 0.25) is 0 Å². The first kappa shape index (κ1) is 22.5. The molecule has 7 nitrogen and oxygen atoms in total. The molecule has 0 bridgehead atoms. The van der Waals surface area contributed by atoms with Gasteiger partial charge in [0, 0.05) is 32.7 Å². The number of hydrogen-bond acceptors (Lipinski definition) is 6. The highest BCUT2D eigenvalue weighted by Gasteiger charge is 2.24. The normalized spacial score (nSPS) is 11.6. The van der Waals surface area contributed by atoms with Crippen molar-refractivity contribution in [1.29, 1.82) is 0 Å². The SMILES string of the molecule is Cc1cc(C)nc(SCc2c(C(=O)NC(C)(C)C)nnn2-c2cc(Cl)cc(Cl)c2)n1. The zero-order valence-corrected chi connectivity index (χ0v) is 19.7. The van der Waals surface area contributed by atoms with E-state index in [-0.39, 0.29) is 11.6 Å². The number of hydrogen-bond donors (Lipinski definition) is 1. The number of aryl methyl sites for hydroxylation is 2. The molecule has 0 saturated carbocycles. The fourth-order valence-electron chi connectivity index (χ4n) is 2.77. The fourth-order valence-corrected chi connectivity index (χ4v) is 4.22. The molecule has 3 aromatic rings. The largest absolute Gasteiger partial charge is 0.346 e. The van der Waals surface area contributed by atoms with E-state index >= 15 is 0 Å². The van der Waals surface area contributed by atoms with Crippen LogP contribution in [0.3, 0.4) is 0 Å². The molecule has 1 aromatic carbocycles. The molecule has 1 N–H and O–H groups in total. The van der Waals surface area contributed by atoms with E-state index in [1.54, 1.807) is 22.9 Å². The highest BCUT2D eigenvalue weighted by atomic mass is 35.5. The van der Waals surface area contributed by atoms with Crippen molar-refractivity contribution in [1.82, 2.24) is 30.3 Å². The number of nitrogens with zero attached hydrogens (tertiary/aromatic N) is 5. The molecule has 3 rings (SSSR count). The summed E-state index contributed by atoms with van der Waals surface area (Å²) in [6, 6.07) is 6.98. The maximum Gasteiger partial charge on any atom is 0.274 e. The molecular weight excluding hydrogens is 443 g/mol. The van der Waals surface area contributed by atoms with E-state index in [1.165, 1.54) is 11.8 Å². The molecule has 2 aromatic heterocycles. The van der Waals surface area contributed by atoms with Crippen molar-refractivity contribution in [2.45, 2.75) is 51.1 Å². The standard InChI is InChI=1S/C20H22Cl2N6OS/c1-11-6-12(2)24-19(23-11)30-10-16-17(18(29)25-20(3,4)5)26-27-28(16)15-8-13(21)7-14(22)9-15/h6-9H,10H2,1-5H3,(H,25,29). The van der Waals surface area contributed by atoms with Gasteiger partial charge in [-0.15, -0.1) is 5.10 Å². The average molecular weight is 465 g/mol. The van der Waals surface area contributed by atoms with E-state index in [2.05, 4.69) is 25.6 Å². The smallest absolute Gasteiger partial charge is 0.274 e. The van der Waals surface area contributed by atoms with Crippen LogP contribution in [0.2, 0.25) is 10.0 Å². The van der Waals surface area contributed by atoms with Crippen LogP contribution in [0.15, 0.2) is 29.4 Å². The molecule has 0 fully saturated rings. The quantitative estimate of drug-likeness (QED) is 0.430. The predicted molar refractivity (Wildman–Crippen MR) is 120 cm³/mol. The maximum atomic E-state index is 12.9. The van der Waals surface area contributed by atoms with Gasteiger partial charge in [-0.25, -0.2) is 14.6 Å². The lowest BCUT2D eigenvalue weighted by Crippen LogP contribution is -2.41. The molecule has 0 aliphatic rings. The summed E-state index contributed by atoms with van der Waals surface area (Å²) in [6.45, 7) is 9.55. The summed E-state index contributed by atoms with van der Waals surface area (Å²) in [5, 5.41) is 12.8. The van der Waals surface area contributed by atoms with E-state index in [9.17, 15) is 4.79 Å². The van der Waals surface area contributed by atoms with Crippen LogP contribution in [0.25, 0.3) is 5.69 Å². The van der Waals surface area contributed by atoms with E-state index < -0.39 is 5.54 Å². The van der Waals surface area contributed by atoms with Gasteiger partial charge in [-0.05, 0) is 58.9 Å². The van der Waals surface area contributed by atoms with Gasteiger partial charge in [0.1, 0.15) is 0 Å². The van der Waals surface area contributed by atoms with E-state index in [0.29, 0.717) is 32.3 Å². The third-order valence-electron chi connectivity index (χ3n) is 3.86. The van der Waals surface area contributed by atoms with Crippen molar-refractivity contribution >= 4 is 40.9 Å². The van der Waals surface area contributed by atoms with Gasteiger partial charge in [0.15, 0.2) is 10.9 Å². The van der Waals surface area contributed by atoms with Crippen LogP contribution in [0.1, 0.15) is 48.3 Å². The zero-order chi connectivity index (χ0) is 22.1. The van der Waals surface area contributed by atoms with Crippen molar-refractivity contribution in [2.75, 3.05) is 0 Å². The Bertz CT molecular complexity index is 1050. The summed E-state index contributed by atoms with van der Waals surface area (Å²) >= 11 is 13.7. The van der Waals surface area contributed by atoms with Crippen molar-refractivity contribution < 1.29 is 4.79 Å². The highest BCUT2D eigenvalue weighted by molar-refractivity contribution is 7.98. The third kappa shape index (κ3) is 5.71. The molecule has 1 amide bonds. The minimum absolute atomic E-state index is 0.234. The van der Waals surface area contributed by atoms with Crippen molar-refractivity contribution in [2.24, 2.45) is 0 Å². The Morgan fingerprint density at radius 1 is 1.07 bits per heavy atom. The summed E-state index contributed by atoms with van der Waals surface area (Å²) in [5.41, 5.74) is 2.79. The molecule has 0 saturated heterocycles. The molecular formula is C20H22Cl2N6OS. The molecule has 2 heterocycles. The topological polar surface area (TPSA) is 85.6 Å². The van der Waals surface area contributed by atoms with Crippen LogP contribution in [-0.2, 0) is 5.75 Å². The summed E-state index contributed by atoms with van der Waals surface area (Å²) in [5.74, 6) is 0.0752. The second kappa shape index (κ2) is 8.91. The molecule has 158 valence electrons. The van der Waals surface area contributed by atoms with Gasteiger partial charge in [0.25, 0.3) is 5.91 Å². The van der Waals surface area contributed by atoms with Crippen LogP contribution in [0, 0.1) is 13.8 Å². The minimum Gasteiger partial charge on any atom is -0.346 e. The van der Waals surface area contributed by atoms with E-state index in [1.807, 2.05) is 40.7 Å². The van der Waals surface area contributed by atoms with Crippen molar-refractivity contribution in [3.8, 4) is 5.69 Å². The second-order valence-electron chi connectivity index (χ2n) is 7.85. The molecule has 0 radical (unpaired) electrons. The Morgan fingerprint density at radius 2 is 1.67 bits per heavy atom. The number of benzene rings is 1. The number of nitrogens with one attached hydrogen (secondary N) is 1. The lowest BCUT2D eigenvalue weighted by Gasteiger charge is -2.20. The lowest BCUT2D eigenvalue weighted by atomic mass is 10.1. The number of thioether (sulfide) groups is 1.